The van der Waals surface area contributed by atoms with Crippen molar-refractivity contribution in [2.75, 3.05) is 13.7 Å². The third-order valence-corrected chi connectivity index (χ3v) is 4.17. The summed E-state index contributed by atoms with van der Waals surface area (Å²) in [6, 6.07) is 2.73. The molecule has 26 heavy (non-hydrogen) atoms. The molecule has 0 saturated heterocycles. The van der Waals surface area contributed by atoms with Crippen LogP contribution in [-0.4, -0.2) is 36.5 Å². The smallest absolute Gasteiger partial charge is 0.322 e. The minimum Gasteiger partial charge on any atom is -0.494 e. The molecule has 6 nitrogen and oxygen atoms in total. The molecule has 3 amide bonds. The lowest BCUT2D eigenvalue weighted by Crippen LogP contribution is -2.54. The predicted octanol–water partition coefficient (Wildman–Crippen LogP) is 2.25. The Morgan fingerprint density at radius 3 is 2.85 bits per heavy atom. The minimum atomic E-state index is -1.05. The second-order valence-electron chi connectivity index (χ2n) is 6.16. The average Bonchev–Trinajstić information content (AvgIpc) is 2.93. The van der Waals surface area contributed by atoms with E-state index < -0.39 is 17.4 Å². The van der Waals surface area contributed by atoms with E-state index in [-0.39, 0.29) is 18.7 Å². The van der Waals surface area contributed by atoms with E-state index in [4.69, 9.17) is 11.2 Å². The molecule has 1 aromatic rings. The topological polar surface area (TPSA) is 70.7 Å². The predicted molar refractivity (Wildman–Crippen MR) is 96.6 cm³/mol. The quantitative estimate of drug-likeness (QED) is 0.604. The van der Waals surface area contributed by atoms with Crippen molar-refractivity contribution in [1.29, 1.82) is 0 Å². The van der Waals surface area contributed by atoms with Crippen LogP contribution in [0.1, 0.15) is 31.4 Å². The maximum atomic E-state index is 14.8. The first-order valence-corrected chi connectivity index (χ1v) is 8.20. The summed E-state index contributed by atoms with van der Waals surface area (Å²) in [5, 5.41) is 4.60. The van der Waals surface area contributed by atoms with E-state index in [0.29, 0.717) is 24.2 Å². The molecule has 1 heterocycles. The zero-order valence-corrected chi connectivity index (χ0v) is 15.1. The van der Waals surface area contributed by atoms with Crippen LogP contribution in [0.2, 0.25) is 0 Å². The number of nitrogens with one attached hydrogen (secondary N) is 2. The molecule has 0 fully saturated rings. The number of fused-ring (bicyclic) bond motifs is 1. The van der Waals surface area contributed by atoms with Crippen LogP contribution in [0.3, 0.4) is 0 Å². The third kappa shape index (κ3) is 3.80. The summed E-state index contributed by atoms with van der Waals surface area (Å²) in [5.74, 6) is 2.31. The molecule has 0 saturated carbocycles. The number of ether oxygens (including phenoxy) is 1. The van der Waals surface area contributed by atoms with Gasteiger partial charge in [-0.3, -0.25) is 10.1 Å². The fraction of sp³-hybridized carbons (Fsp3) is 0.368. The summed E-state index contributed by atoms with van der Waals surface area (Å²) in [6.45, 7) is 4.33. The number of benzene rings is 1. The lowest BCUT2D eigenvalue weighted by molar-refractivity contribution is -0.108. The summed E-state index contributed by atoms with van der Waals surface area (Å²) in [7, 11) is 1.42. The molecule has 1 aliphatic heterocycles. The van der Waals surface area contributed by atoms with Crippen LogP contribution in [0.15, 0.2) is 18.2 Å². The summed E-state index contributed by atoms with van der Waals surface area (Å²) < 4.78 is 19.9. The van der Waals surface area contributed by atoms with Crippen molar-refractivity contribution in [2.45, 2.75) is 32.4 Å². The molecule has 0 bridgehead atoms. The maximum absolute atomic E-state index is 14.8. The molecule has 7 heteroatoms. The Hall–Kier alpha value is -3.01. The van der Waals surface area contributed by atoms with Crippen molar-refractivity contribution >= 4 is 18.1 Å². The van der Waals surface area contributed by atoms with E-state index in [2.05, 4.69) is 11.2 Å². The first-order chi connectivity index (χ1) is 12.4. The molecular weight excluding hydrogens is 337 g/mol. The minimum absolute atomic E-state index is 0.177. The van der Waals surface area contributed by atoms with Gasteiger partial charge in [-0.05, 0) is 25.0 Å². The van der Waals surface area contributed by atoms with E-state index in [0.717, 1.165) is 5.56 Å². The molecule has 1 aliphatic rings. The van der Waals surface area contributed by atoms with E-state index in [1.54, 1.807) is 13.0 Å². The normalized spacial score (nSPS) is 16.4. The molecule has 2 N–H and O–H groups in total. The lowest BCUT2D eigenvalue weighted by atomic mass is 10.0. The highest BCUT2D eigenvalue weighted by Crippen LogP contribution is 2.39. The summed E-state index contributed by atoms with van der Waals surface area (Å²) in [4.78, 5) is 24.0. The van der Waals surface area contributed by atoms with E-state index in [9.17, 15) is 14.0 Å². The number of terminal acetylenes is 1. The van der Waals surface area contributed by atoms with Crippen LogP contribution in [0.25, 0.3) is 5.70 Å². The lowest BCUT2D eigenvalue weighted by Gasteiger charge is -2.32. The number of allylic oxidation sites excluding steroid dienone is 1. The number of nitrogens with zero attached hydrogens (tertiary/aromatic N) is 1. The van der Waals surface area contributed by atoms with E-state index >= 15 is 0 Å². The highest BCUT2D eigenvalue weighted by molar-refractivity contribution is 5.85. The summed E-state index contributed by atoms with van der Waals surface area (Å²) in [6.07, 6.45) is 8.50. The summed E-state index contributed by atoms with van der Waals surface area (Å²) >= 11 is 0. The molecule has 0 aliphatic carbocycles. The number of urea groups is 1. The van der Waals surface area contributed by atoms with Gasteiger partial charge in [-0.2, -0.15) is 0 Å². The van der Waals surface area contributed by atoms with Crippen molar-refractivity contribution in [3.05, 3.63) is 35.2 Å². The van der Waals surface area contributed by atoms with Gasteiger partial charge in [-0.15, -0.1) is 6.42 Å². The van der Waals surface area contributed by atoms with Gasteiger partial charge in [0.2, 0.25) is 6.41 Å². The number of hydrogen-bond acceptors (Lipinski definition) is 4. The van der Waals surface area contributed by atoms with E-state index in [1.165, 1.54) is 7.11 Å². The Bertz CT molecular complexity index is 785. The Morgan fingerprint density at radius 1 is 1.54 bits per heavy atom. The Balaban J connectivity index is 2.34. The maximum Gasteiger partial charge on any atom is 0.322 e. The monoisotopic (exact) mass is 359 g/mol. The van der Waals surface area contributed by atoms with Crippen molar-refractivity contribution in [3.8, 4) is 18.1 Å². The average molecular weight is 359 g/mol. The van der Waals surface area contributed by atoms with Crippen LogP contribution in [-0.2, 0) is 11.3 Å². The fourth-order valence-electron chi connectivity index (χ4n) is 3.02. The molecule has 0 aromatic heterocycles. The van der Waals surface area contributed by atoms with Crippen LogP contribution < -0.4 is 15.4 Å². The van der Waals surface area contributed by atoms with Gasteiger partial charge in [-0.25, -0.2) is 9.18 Å². The van der Waals surface area contributed by atoms with Crippen LogP contribution >= 0.6 is 0 Å². The highest BCUT2D eigenvalue weighted by Gasteiger charge is 2.34. The molecule has 0 unspecified atom stereocenters. The second-order valence-corrected chi connectivity index (χ2v) is 6.16. The number of amides is 3. The van der Waals surface area contributed by atoms with Crippen molar-refractivity contribution in [2.24, 2.45) is 0 Å². The number of imide groups is 1. The van der Waals surface area contributed by atoms with Gasteiger partial charge in [0.1, 0.15) is 5.54 Å². The molecule has 138 valence electrons. The molecule has 1 atom stereocenters. The Kier molecular flexibility index (Phi) is 5.88. The molecular formula is C19H22FN3O3. The van der Waals surface area contributed by atoms with Gasteiger partial charge < -0.3 is 15.0 Å². The van der Waals surface area contributed by atoms with Gasteiger partial charge in [0, 0.05) is 17.8 Å². The van der Waals surface area contributed by atoms with Gasteiger partial charge in [0.15, 0.2) is 11.6 Å². The highest BCUT2D eigenvalue weighted by atomic mass is 19.1. The largest absolute Gasteiger partial charge is 0.494 e. The van der Waals surface area contributed by atoms with Gasteiger partial charge in [0.05, 0.1) is 13.7 Å². The van der Waals surface area contributed by atoms with Gasteiger partial charge >= 0.3 is 6.03 Å². The number of carbonyl (C=O) groups is 2. The number of hydrogen-bond donors (Lipinski definition) is 2. The number of rotatable bonds is 6. The van der Waals surface area contributed by atoms with Crippen LogP contribution in [0.5, 0.6) is 5.75 Å². The number of methoxy groups -OCH3 is 1. The SMILES string of the molecule is C#C[C@](C)(CN1Cc2ccc(OC)c(F)c2/C1=C/CC)NC(=O)NC=O. The Labute approximate surface area is 152 Å². The van der Waals surface area contributed by atoms with Crippen molar-refractivity contribution in [3.63, 3.8) is 0 Å². The summed E-state index contributed by atoms with van der Waals surface area (Å²) in [5.41, 5.74) is 0.961. The van der Waals surface area contributed by atoms with E-state index in [1.807, 2.05) is 29.3 Å². The third-order valence-electron chi connectivity index (χ3n) is 4.17. The first kappa shape index (κ1) is 19.3. The fourth-order valence-corrected chi connectivity index (χ4v) is 3.02. The second kappa shape index (κ2) is 7.91. The van der Waals surface area contributed by atoms with Gasteiger partial charge in [-0.1, -0.05) is 25.0 Å². The van der Waals surface area contributed by atoms with Gasteiger partial charge in [0.25, 0.3) is 0 Å². The first-order valence-electron chi connectivity index (χ1n) is 8.20. The van der Waals surface area contributed by atoms with Crippen molar-refractivity contribution in [1.82, 2.24) is 15.5 Å². The molecule has 0 radical (unpaired) electrons. The van der Waals surface area contributed by atoms with Crippen LogP contribution in [0.4, 0.5) is 9.18 Å². The molecule has 2 rings (SSSR count). The zero-order chi connectivity index (χ0) is 19.3. The molecule has 1 aromatic carbocycles. The molecule has 0 spiro atoms. The van der Waals surface area contributed by atoms with Crippen molar-refractivity contribution < 1.29 is 18.7 Å². The zero-order valence-electron chi connectivity index (χ0n) is 15.1. The standard InChI is InChI=1S/C19H22FN3O3/c1-5-7-14-16-13(8-9-15(26-4)17(16)20)10-23(14)11-19(3,6-2)22-18(25)21-12-24/h2,7-9,12H,5,10-11H2,1,3-4H3,(H2,21,22,24,25)/b14-7-/t19-/m1/s1. The Morgan fingerprint density at radius 2 is 2.27 bits per heavy atom. The number of carbonyl (C=O) groups excluding carboxylic acids is 2. The number of halogens is 1. The van der Waals surface area contributed by atoms with Crippen LogP contribution in [0, 0.1) is 18.2 Å².